The molecule has 0 spiro atoms. The predicted octanol–water partition coefficient (Wildman–Crippen LogP) is 3.58. The van der Waals surface area contributed by atoms with Crippen molar-refractivity contribution in [2.45, 2.75) is 25.8 Å². The molecule has 0 unspecified atom stereocenters. The molecular weight excluding hydrogens is 444 g/mol. The fourth-order valence-corrected chi connectivity index (χ4v) is 4.27. The highest BCUT2D eigenvalue weighted by molar-refractivity contribution is 6.32. The molecule has 1 amide bonds. The molecule has 10 nitrogen and oxygen atoms in total. The normalized spacial score (nSPS) is 14.6. The Bertz CT molecular complexity index is 1310. The molecule has 5 heterocycles. The first-order valence-electron chi connectivity index (χ1n) is 10.6. The fourth-order valence-electron chi connectivity index (χ4n) is 4.08. The van der Waals surface area contributed by atoms with E-state index < -0.39 is 0 Å². The molecule has 4 aromatic heterocycles. The van der Waals surface area contributed by atoms with Crippen LogP contribution in [-0.2, 0) is 4.79 Å². The van der Waals surface area contributed by atoms with Crippen LogP contribution in [0.1, 0.15) is 25.8 Å². The molecule has 33 heavy (non-hydrogen) atoms. The number of hydrogen-bond acceptors (Lipinski definition) is 7. The third-order valence-electron chi connectivity index (χ3n) is 5.83. The van der Waals surface area contributed by atoms with E-state index in [2.05, 4.69) is 25.4 Å². The van der Waals surface area contributed by atoms with Crippen molar-refractivity contribution in [3.8, 4) is 17.3 Å². The average Bonchev–Trinajstić information content (AvgIpc) is 3.44. The summed E-state index contributed by atoms with van der Waals surface area (Å²) >= 11 is 6.43. The second kappa shape index (κ2) is 8.70. The first-order chi connectivity index (χ1) is 16.0. The monoisotopic (exact) mass is 466 g/mol. The second-order valence-electron chi connectivity index (χ2n) is 7.86. The molecule has 0 radical (unpaired) electrons. The third kappa shape index (κ3) is 4.09. The number of nitrogens with one attached hydrogen (secondary N) is 1. The minimum atomic E-state index is 0.107. The molecule has 5 rings (SSSR count). The van der Waals surface area contributed by atoms with Crippen molar-refractivity contribution >= 4 is 34.8 Å². The van der Waals surface area contributed by atoms with Crippen molar-refractivity contribution in [3.63, 3.8) is 0 Å². The quantitative estimate of drug-likeness (QED) is 0.479. The highest BCUT2D eigenvalue weighted by atomic mass is 35.5. The van der Waals surface area contributed by atoms with Crippen molar-refractivity contribution < 1.29 is 9.53 Å². The van der Waals surface area contributed by atoms with E-state index in [9.17, 15) is 4.79 Å². The smallest absolute Gasteiger partial charge is 0.256 e. The molecular formula is C22H23ClN8O2. The number of anilines is 2. The molecule has 170 valence electrons. The SMILES string of the molecule is COc1nn(C2CCN(C(C)=O)CC2)cc1Nc1ncc(Cl)c(-c2cnc3ccccn23)n1. The summed E-state index contributed by atoms with van der Waals surface area (Å²) in [5, 5.41) is 8.21. The molecule has 0 saturated carbocycles. The van der Waals surface area contributed by atoms with Crippen LogP contribution in [0.4, 0.5) is 11.6 Å². The van der Waals surface area contributed by atoms with Crippen LogP contribution in [0.15, 0.2) is 43.0 Å². The number of nitrogens with zero attached hydrogens (tertiary/aromatic N) is 7. The van der Waals surface area contributed by atoms with E-state index in [0.29, 0.717) is 41.3 Å². The highest BCUT2D eigenvalue weighted by Crippen LogP contribution is 2.32. The third-order valence-corrected chi connectivity index (χ3v) is 6.10. The van der Waals surface area contributed by atoms with Crippen molar-refractivity contribution in [1.82, 2.24) is 34.0 Å². The molecule has 0 aliphatic carbocycles. The van der Waals surface area contributed by atoms with Crippen LogP contribution in [0.5, 0.6) is 5.88 Å². The highest BCUT2D eigenvalue weighted by Gasteiger charge is 2.24. The van der Waals surface area contributed by atoms with E-state index in [1.807, 2.05) is 44.6 Å². The molecule has 0 aromatic carbocycles. The largest absolute Gasteiger partial charge is 0.478 e. The van der Waals surface area contributed by atoms with Crippen LogP contribution in [0.2, 0.25) is 5.02 Å². The molecule has 4 aromatic rings. The van der Waals surface area contributed by atoms with Crippen LogP contribution in [-0.4, -0.2) is 60.1 Å². The average molecular weight is 467 g/mol. The summed E-state index contributed by atoms with van der Waals surface area (Å²) in [5.41, 5.74) is 2.78. The summed E-state index contributed by atoms with van der Waals surface area (Å²) in [6.45, 7) is 3.04. The molecule has 1 aliphatic heterocycles. The van der Waals surface area contributed by atoms with Gasteiger partial charge in [0.15, 0.2) is 0 Å². The van der Waals surface area contributed by atoms with Gasteiger partial charge in [0.1, 0.15) is 17.0 Å². The Hall–Kier alpha value is -3.66. The summed E-state index contributed by atoms with van der Waals surface area (Å²) < 4.78 is 9.29. The van der Waals surface area contributed by atoms with Gasteiger partial charge in [-0.15, -0.1) is 5.10 Å². The standard InChI is InChI=1S/C22H23ClN8O2/c1-14(32)29-9-6-15(7-10-29)31-13-17(21(28-31)33-2)26-22-25-11-16(23)20(27-22)18-12-24-19-5-3-4-8-30(18)19/h3-5,8,11-13,15H,6-7,9-10H2,1-2H3,(H,25,26,27). The first kappa shape index (κ1) is 21.2. The van der Waals surface area contributed by atoms with Gasteiger partial charge in [-0.2, -0.15) is 0 Å². The summed E-state index contributed by atoms with van der Waals surface area (Å²) in [7, 11) is 1.57. The van der Waals surface area contributed by atoms with E-state index in [4.69, 9.17) is 16.3 Å². The maximum Gasteiger partial charge on any atom is 0.256 e. The van der Waals surface area contributed by atoms with Gasteiger partial charge in [-0.3, -0.25) is 13.9 Å². The zero-order valence-corrected chi connectivity index (χ0v) is 19.0. The van der Waals surface area contributed by atoms with Crippen molar-refractivity contribution in [2.75, 3.05) is 25.5 Å². The van der Waals surface area contributed by atoms with E-state index >= 15 is 0 Å². The number of fused-ring (bicyclic) bond motifs is 1. The van der Waals surface area contributed by atoms with Crippen LogP contribution in [0, 0.1) is 0 Å². The van der Waals surface area contributed by atoms with Gasteiger partial charge in [-0.1, -0.05) is 17.7 Å². The van der Waals surface area contributed by atoms with E-state index in [-0.39, 0.29) is 11.9 Å². The minimum absolute atomic E-state index is 0.107. The summed E-state index contributed by atoms with van der Waals surface area (Å²) in [6, 6.07) is 5.95. The Morgan fingerprint density at radius 1 is 1.21 bits per heavy atom. The second-order valence-corrected chi connectivity index (χ2v) is 8.26. The van der Waals surface area contributed by atoms with Crippen LogP contribution in [0.25, 0.3) is 17.0 Å². The maximum atomic E-state index is 11.6. The lowest BCUT2D eigenvalue weighted by Crippen LogP contribution is -2.37. The number of likely N-dealkylation sites (tertiary alicyclic amines) is 1. The van der Waals surface area contributed by atoms with Gasteiger partial charge in [0, 0.05) is 26.2 Å². The number of amides is 1. The van der Waals surface area contributed by atoms with Gasteiger partial charge in [0.25, 0.3) is 5.88 Å². The molecule has 1 aliphatic rings. The number of carbonyl (C=O) groups is 1. The summed E-state index contributed by atoms with van der Waals surface area (Å²) in [6.07, 6.45) is 8.76. The fraction of sp³-hybridized carbons (Fsp3) is 0.318. The Kier molecular flexibility index (Phi) is 5.59. The predicted molar refractivity (Wildman–Crippen MR) is 124 cm³/mol. The number of methoxy groups -OCH3 is 1. The summed E-state index contributed by atoms with van der Waals surface area (Å²) in [4.78, 5) is 26.8. The van der Waals surface area contributed by atoms with Crippen molar-refractivity contribution in [1.29, 1.82) is 0 Å². The van der Waals surface area contributed by atoms with Gasteiger partial charge in [-0.05, 0) is 25.0 Å². The van der Waals surface area contributed by atoms with E-state index in [1.54, 1.807) is 26.4 Å². The van der Waals surface area contributed by atoms with Gasteiger partial charge in [-0.25, -0.2) is 15.0 Å². The Morgan fingerprint density at radius 3 is 2.79 bits per heavy atom. The molecule has 11 heteroatoms. The Morgan fingerprint density at radius 2 is 2.03 bits per heavy atom. The van der Waals surface area contributed by atoms with Crippen molar-refractivity contribution in [2.24, 2.45) is 0 Å². The number of halogens is 1. The number of rotatable bonds is 5. The zero-order valence-electron chi connectivity index (χ0n) is 18.3. The molecule has 1 N–H and O–H groups in total. The number of imidazole rings is 1. The van der Waals surface area contributed by atoms with Gasteiger partial charge >= 0.3 is 0 Å². The molecule has 0 atom stereocenters. The van der Waals surface area contributed by atoms with Gasteiger partial charge in [0.05, 0.1) is 42.5 Å². The maximum absolute atomic E-state index is 11.6. The first-order valence-corrected chi connectivity index (χ1v) is 11.0. The topological polar surface area (TPSA) is 102 Å². The number of ether oxygens (including phenoxy) is 1. The Labute approximate surface area is 195 Å². The van der Waals surface area contributed by atoms with Crippen LogP contribution >= 0.6 is 11.6 Å². The Balaban J connectivity index is 1.41. The number of carbonyl (C=O) groups excluding carboxylic acids is 1. The van der Waals surface area contributed by atoms with Crippen LogP contribution in [0.3, 0.4) is 0 Å². The minimum Gasteiger partial charge on any atom is -0.478 e. The molecule has 1 fully saturated rings. The van der Waals surface area contributed by atoms with E-state index in [0.717, 1.165) is 24.2 Å². The lowest BCUT2D eigenvalue weighted by atomic mass is 10.1. The van der Waals surface area contributed by atoms with Gasteiger partial charge in [0.2, 0.25) is 11.9 Å². The summed E-state index contributed by atoms with van der Waals surface area (Å²) in [5.74, 6) is 0.916. The van der Waals surface area contributed by atoms with Gasteiger partial charge < -0.3 is 15.0 Å². The number of hydrogen-bond donors (Lipinski definition) is 1. The lowest BCUT2D eigenvalue weighted by Gasteiger charge is -2.31. The molecule has 0 bridgehead atoms. The molecule has 1 saturated heterocycles. The number of aromatic nitrogens is 6. The number of piperidine rings is 1. The van der Waals surface area contributed by atoms with E-state index in [1.165, 1.54) is 0 Å². The zero-order chi connectivity index (χ0) is 22.9. The van der Waals surface area contributed by atoms with Crippen LogP contribution < -0.4 is 10.1 Å². The number of pyridine rings is 1. The lowest BCUT2D eigenvalue weighted by molar-refractivity contribution is -0.130. The van der Waals surface area contributed by atoms with Crippen molar-refractivity contribution in [3.05, 3.63) is 48.0 Å².